The van der Waals surface area contributed by atoms with Crippen LogP contribution in [0.3, 0.4) is 0 Å². The fourth-order valence-electron chi connectivity index (χ4n) is 12.2. The number of aryl methyl sites for hydroxylation is 2. The first kappa shape index (κ1) is 123. The molecule has 0 amide bonds. The number of hydrogen-bond acceptors (Lipinski definition) is 0. The van der Waals surface area contributed by atoms with Crippen LogP contribution in [-0.4, -0.2) is 0 Å². The van der Waals surface area contributed by atoms with E-state index in [1.165, 1.54) is 131 Å². The van der Waals surface area contributed by atoms with Crippen molar-refractivity contribution in [2.24, 2.45) is 0 Å². The average Bonchev–Trinajstić information content (AvgIpc) is 0.995. The second-order valence-corrected chi connectivity index (χ2v) is 23.4. The summed E-state index contributed by atoms with van der Waals surface area (Å²) in [5.41, 5.74) is 11.0. The van der Waals surface area contributed by atoms with Crippen LogP contribution in [0.2, 0.25) is 0 Å². The van der Waals surface area contributed by atoms with Crippen LogP contribution in [0, 0.1) is 6.92 Å². The van der Waals surface area contributed by atoms with Crippen molar-refractivity contribution in [2.75, 3.05) is 0 Å². The third-order valence-electron chi connectivity index (χ3n) is 17.1. The van der Waals surface area contributed by atoms with Crippen molar-refractivity contribution >= 4 is 86.2 Å². The van der Waals surface area contributed by atoms with Gasteiger partial charge in [0.15, 0.2) is 0 Å². The van der Waals surface area contributed by atoms with Gasteiger partial charge in [-0.3, -0.25) is 0 Å². The van der Waals surface area contributed by atoms with E-state index < -0.39 is 0 Å². The molecule has 1 aliphatic carbocycles. The maximum atomic E-state index is 2.24. The lowest BCUT2D eigenvalue weighted by molar-refractivity contribution is 1.14. The second-order valence-electron chi connectivity index (χ2n) is 23.4. The van der Waals surface area contributed by atoms with E-state index in [2.05, 4.69) is 378 Å². The molecule has 1 aliphatic rings. The average molecular weight is 1690 g/mol. The lowest BCUT2D eigenvalue weighted by Gasteiger charge is -2.09. The summed E-state index contributed by atoms with van der Waals surface area (Å²) < 4.78 is 0. The van der Waals surface area contributed by atoms with Gasteiger partial charge in [0.1, 0.15) is 0 Å². The monoisotopic (exact) mass is 1690 g/mol. The molecule has 0 saturated heterocycles. The first-order valence-electron chi connectivity index (χ1n) is 48.7. The fourth-order valence-corrected chi connectivity index (χ4v) is 12.2. The van der Waals surface area contributed by atoms with Gasteiger partial charge in [0.2, 0.25) is 0 Å². The quantitative estimate of drug-likeness (QED) is 0.120. The molecule has 0 saturated carbocycles. The Hall–Kier alpha value is -11.7. The van der Waals surface area contributed by atoms with Gasteiger partial charge >= 0.3 is 0 Å². The Morgan fingerprint density at radius 3 is 0.611 bits per heavy atom. The summed E-state index contributed by atoms with van der Waals surface area (Å²) in [7, 11) is 0. The number of hydrogen-bond donors (Lipinski definition) is 0. The van der Waals surface area contributed by atoms with Crippen LogP contribution in [0.5, 0.6) is 0 Å². The molecule has 0 aliphatic heterocycles. The Balaban J connectivity index is -0.000000426. The molecule has 0 radical (unpaired) electrons. The fraction of sp³-hybridized carbons (Fsp3) is 0.286. The summed E-state index contributed by atoms with van der Waals surface area (Å²) in [6, 6.07) is 140. The lowest BCUT2D eigenvalue weighted by Crippen LogP contribution is -1.82. The van der Waals surface area contributed by atoms with Crippen LogP contribution in [0.4, 0.5) is 0 Å². The lowest BCUT2D eigenvalue weighted by atomic mass is 9.95. The summed E-state index contributed by atoms with van der Waals surface area (Å²) in [6.45, 7) is 68.2. The maximum Gasteiger partial charge on any atom is -0.00135 e. The summed E-state index contributed by atoms with van der Waals surface area (Å²) in [6.07, 6.45) is 2.24. The Bertz CT molecular complexity index is 4870. The minimum atomic E-state index is 1.10. The van der Waals surface area contributed by atoms with Gasteiger partial charge in [-0.2, -0.15) is 0 Å². The molecule has 0 heterocycles. The third-order valence-corrected chi connectivity index (χ3v) is 17.1. The molecule has 676 valence electrons. The summed E-state index contributed by atoms with van der Waals surface area (Å²) in [5.74, 6) is 0. The molecule has 18 aromatic rings. The zero-order chi connectivity index (χ0) is 95.9. The third kappa shape index (κ3) is 44.3. The molecule has 0 N–H and O–H groups in total. The molecule has 19 rings (SSSR count). The van der Waals surface area contributed by atoms with Crippen molar-refractivity contribution in [3.05, 3.63) is 423 Å². The highest BCUT2D eigenvalue weighted by Gasteiger charge is 2.16. The second kappa shape index (κ2) is 86.8. The Morgan fingerprint density at radius 1 is 0.167 bits per heavy atom. The molecule has 0 unspecified atom stereocenters. The molecule has 0 spiro atoms. The van der Waals surface area contributed by atoms with E-state index in [0.29, 0.717) is 0 Å². The van der Waals surface area contributed by atoms with Crippen molar-refractivity contribution in [3.8, 4) is 22.3 Å². The van der Waals surface area contributed by atoms with Crippen molar-refractivity contribution < 1.29 is 0 Å². The zero-order valence-corrected chi connectivity index (χ0v) is 85.5. The molecule has 0 bridgehead atoms. The minimum absolute atomic E-state index is 1.10. The van der Waals surface area contributed by atoms with Crippen molar-refractivity contribution in [2.45, 2.75) is 248 Å². The van der Waals surface area contributed by atoms with Crippen molar-refractivity contribution in [1.82, 2.24) is 0 Å². The highest BCUT2D eigenvalue weighted by atomic mass is 14.2. The molecular formula is C126H172. The molecule has 0 aromatic heterocycles. The van der Waals surface area contributed by atoms with E-state index in [9.17, 15) is 0 Å². The van der Waals surface area contributed by atoms with Gasteiger partial charge in [-0.1, -0.05) is 622 Å². The summed E-state index contributed by atoms with van der Waals surface area (Å²) in [5, 5.41) is 21.3. The Morgan fingerprint density at radius 2 is 0.365 bits per heavy atom. The van der Waals surface area contributed by atoms with Crippen LogP contribution >= 0.6 is 0 Å². The summed E-state index contributed by atoms with van der Waals surface area (Å²) >= 11 is 0. The van der Waals surface area contributed by atoms with Gasteiger partial charge < -0.3 is 0 Å². The van der Waals surface area contributed by atoms with E-state index in [0.717, 1.165) is 12.8 Å². The Labute approximate surface area is 774 Å². The van der Waals surface area contributed by atoms with Crippen LogP contribution in [0.1, 0.15) is 251 Å². The standard InChI is InChI=1S/C16H10.2C14H10.C13H10.C12H10.C10H8.C8H10.C7H8.16C2H6/c1-3-11-7-9-13-5-2-6-14-10-8-12(4-1)15(11)16(13)14;1-3-7-13-11(5-1)9-10-12-6-2-4-8-14(12)13;1-2-6-12-10-14-8-4-3-7-13(14)9-11(12)5-1;1-3-7-12-10(5-1)9-11-6-2-4-8-13(11)12;1-3-7-11(8-4-1)12-9-5-2-6-10-12;1-2-6-10-8-4-3-7-9(10)5-1;1-2-8-6-4-3-5-7-8;1-7-5-3-2-4-6-7;16*1-2/h1-10H;2*1-10H;1-8H,9H2;1-10H;1-8H;3-7H,2H2,1H3;2-6H,1H3;16*1-2H3. The molecule has 0 nitrogen and oxygen atoms in total. The van der Waals surface area contributed by atoms with Gasteiger partial charge in [-0.15, -0.1) is 0 Å². The molecule has 0 heteroatoms. The molecule has 126 heavy (non-hydrogen) atoms. The smallest absolute Gasteiger partial charge is 0.00135 e. The van der Waals surface area contributed by atoms with E-state index in [-0.39, 0.29) is 0 Å². The van der Waals surface area contributed by atoms with Crippen LogP contribution in [0.15, 0.2) is 400 Å². The van der Waals surface area contributed by atoms with Gasteiger partial charge in [0.05, 0.1) is 0 Å². The molecule has 0 fully saturated rings. The maximum absolute atomic E-state index is 2.24. The molecule has 0 atom stereocenters. The van der Waals surface area contributed by atoms with Gasteiger partial charge in [0.25, 0.3) is 0 Å². The molecule has 18 aromatic carbocycles. The van der Waals surface area contributed by atoms with Crippen molar-refractivity contribution in [3.63, 3.8) is 0 Å². The zero-order valence-electron chi connectivity index (χ0n) is 85.5. The first-order valence-corrected chi connectivity index (χ1v) is 48.7. The topological polar surface area (TPSA) is 0 Å². The highest BCUT2D eigenvalue weighted by molar-refractivity contribution is 6.23. The SMILES string of the molecule is CC.CC.CC.CC.CC.CC.CC.CC.CC.CC.CC.CC.CC.CC.CC.CC.CCc1ccccc1.Cc1ccccc1.c1cc2ccc3cccc4ccc(c1)c2c34.c1ccc(-c2ccccc2)cc1.c1ccc2c(c1)Cc1ccccc1-2.c1ccc2c(c1)ccc1ccccc12.c1ccc2cc3ccccc3cc2c1.c1ccc2ccccc2c1. The van der Waals surface area contributed by atoms with Crippen LogP contribution in [-0.2, 0) is 12.8 Å². The largest absolute Gasteiger partial charge is 0.0683 e. The van der Waals surface area contributed by atoms with E-state index in [1.807, 2.05) is 258 Å². The van der Waals surface area contributed by atoms with Crippen molar-refractivity contribution in [1.29, 1.82) is 0 Å². The predicted molar refractivity (Wildman–Crippen MR) is 592 cm³/mol. The predicted octanol–water partition coefficient (Wildman–Crippen LogP) is 42.7. The number of fused-ring (bicyclic) bond motifs is 9. The van der Waals surface area contributed by atoms with E-state index >= 15 is 0 Å². The van der Waals surface area contributed by atoms with Crippen LogP contribution < -0.4 is 0 Å². The van der Waals surface area contributed by atoms with Gasteiger partial charge in [-0.25, -0.2) is 0 Å². The van der Waals surface area contributed by atoms with Crippen LogP contribution in [0.25, 0.3) is 108 Å². The highest BCUT2D eigenvalue weighted by Crippen LogP contribution is 2.37. The first-order chi connectivity index (χ1) is 62.5. The van der Waals surface area contributed by atoms with Gasteiger partial charge in [0, 0.05) is 0 Å². The minimum Gasteiger partial charge on any atom is -0.0683 e. The number of rotatable bonds is 2. The Kier molecular flexibility index (Phi) is 84.6. The summed E-state index contributed by atoms with van der Waals surface area (Å²) in [4.78, 5) is 0. The van der Waals surface area contributed by atoms with E-state index in [4.69, 9.17) is 0 Å². The number of benzene rings is 18. The van der Waals surface area contributed by atoms with E-state index in [1.54, 1.807) is 0 Å². The molecular weight excluding hydrogens is 1510 g/mol. The normalized spacial score (nSPS) is 8.71. The van der Waals surface area contributed by atoms with Gasteiger partial charge in [-0.05, 0) is 157 Å².